The van der Waals surface area contributed by atoms with E-state index in [0.29, 0.717) is 30.2 Å². The third-order valence-corrected chi connectivity index (χ3v) is 8.19. The van der Waals surface area contributed by atoms with Gasteiger partial charge in [-0.25, -0.2) is 0 Å². The van der Waals surface area contributed by atoms with Gasteiger partial charge in [-0.1, -0.05) is 25.8 Å². The highest BCUT2D eigenvalue weighted by Gasteiger charge is 2.63. The molecule has 40 heavy (non-hydrogen) atoms. The van der Waals surface area contributed by atoms with E-state index in [0.717, 1.165) is 18.4 Å². The number of terminal acetylenes is 1. The van der Waals surface area contributed by atoms with E-state index in [1.54, 1.807) is 19.1 Å². The highest BCUT2D eigenvalue weighted by atomic mass is 16.5. The molecule has 0 bridgehead atoms. The Labute approximate surface area is 236 Å². The number of rotatable bonds is 11. The van der Waals surface area contributed by atoms with Gasteiger partial charge in [-0.05, 0) is 61.3 Å². The minimum Gasteiger partial charge on any atom is -0.493 e. The summed E-state index contributed by atoms with van der Waals surface area (Å²) in [7, 11) is 4.52. The lowest BCUT2D eigenvalue weighted by Crippen LogP contribution is -2.62. The first-order chi connectivity index (χ1) is 19.2. The van der Waals surface area contributed by atoms with Gasteiger partial charge in [0.15, 0.2) is 11.5 Å². The minimum atomic E-state index is -1.19. The molecule has 0 unspecified atom stereocenters. The van der Waals surface area contributed by atoms with Gasteiger partial charge in [0, 0.05) is 24.6 Å². The van der Waals surface area contributed by atoms with Crippen LogP contribution < -0.4 is 14.8 Å². The fourth-order valence-electron chi connectivity index (χ4n) is 6.00. The number of carbonyl (C=O) groups is 3. The SMILES string of the molecule is C#CCNC(=O)C[C@H]1C[C@@]2(C(=O)OC)C(=C[C@H](C(C)C)O[C@@H]2C2CC2)N(CCc2ccc(OC)c(OC)c2)C1=O. The topological polar surface area (TPSA) is 103 Å². The molecule has 9 nitrogen and oxygen atoms in total. The lowest BCUT2D eigenvalue weighted by Gasteiger charge is -2.53. The zero-order valence-electron chi connectivity index (χ0n) is 24.0. The molecule has 0 radical (unpaired) electrons. The number of carbonyl (C=O) groups excluding carboxylic acids is 3. The molecule has 4 rings (SSSR count). The highest BCUT2D eigenvalue weighted by molar-refractivity contribution is 5.93. The van der Waals surface area contributed by atoms with E-state index in [4.69, 9.17) is 25.4 Å². The number of hydrogen-bond donors (Lipinski definition) is 1. The average molecular weight is 553 g/mol. The minimum absolute atomic E-state index is 0.0694. The lowest BCUT2D eigenvalue weighted by atomic mass is 9.64. The number of esters is 1. The predicted octanol–water partition coefficient (Wildman–Crippen LogP) is 3.11. The fourth-order valence-corrected chi connectivity index (χ4v) is 6.00. The van der Waals surface area contributed by atoms with Crippen LogP contribution in [0.1, 0.15) is 45.1 Å². The quantitative estimate of drug-likeness (QED) is 0.332. The van der Waals surface area contributed by atoms with E-state index in [1.165, 1.54) is 7.11 Å². The van der Waals surface area contributed by atoms with Crippen molar-refractivity contribution in [2.45, 2.75) is 58.2 Å². The average Bonchev–Trinajstić information content (AvgIpc) is 3.80. The third-order valence-electron chi connectivity index (χ3n) is 8.19. The van der Waals surface area contributed by atoms with E-state index in [9.17, 15) is 14.4 Å². The van der Waals surface area contributed by atoms with Gasteiger partial charge in [0.1, 0.15) is 5.41 Å². The Bertz CT molecular complexity index is 1200. The van der Waals surface area contributed by atoms with Crippen molar-refractivity contribution in [3.8, 4) is 23.8 Å². The molecular formula is C31H40N2O7. The largest absolute Gasteiger partial charge is 0.493 e. The number of amides is 2. The summed E-state index contributed by atoms with van der Waals surface area (Å²) in [6.07, 6.45) is 8.98. The molecule has 1 saturated carbocycles. The molecule has 1 N–H and O–H groups in total. The smallest absolute Gasteiger partial charge is 0.320 e. The maximum absolute atomic E-state index is 14.1. The summed E-state index contributed by atoms with van der Waals surface area (Å²) < 4.78 is 22.9. The number of hydrogen-bond acceptors (Lipinski definition) is 7. The van der Waals surface area contributed by atoms with Crippen LogP contribution >= 0.6 is 0 Å². The molecule has 0 aromatic heterocycles. The van der Waals surface area contributed by atoms with Crippen molar-refractivity contribution in [1.82, 2.24) is 10.2 Å². The second-order valence-electron chi connectivity index (χ2n) is 11.1. The van der Waals surface area contributed by atoms with Crippen LogP contribution in [0.2, 0.25) is 0 Å². The molecule has 9 heteroatoms. The third kappa shape index (κ3) is 5.68. The Morgan fingerprint density at radius 1 is 1.20 bits per heavy atom. The predicted molar refractivity (Wildman–Crippen MR) is 148 cm³/mol. The normalized spacial score (nSPS) is 25.9. The van der Waals surface area contributed by atoms with Crippen LogP contribution in [-0.2, 0) is 30.3 Å². The van der Waals surface area contributed by atoms with E-state index in [2.05, 4.69) is 25.1 Å². The Morgan fingerprint density at radius 3 is 2.52 bits per heavy atom. The molecule has 1 aromatic rings. The van der Waals surface area contributed by atoms with Crippen LogP contribution in [0.15, 0.2) is 30.0 Å². The Balaban J connectivity index is 1.76. The number of nitrogens with zero attached hydrogens (tertiary/aromatic N) is 1. The molecule has 2 aliphatic heterocycles. The number of methoxy groups -OCH3 is 3. The van der Waals surface area contributed by atoms with Crippen molar-refractivity contribution < 1.29 is 33.3 Å². The lowest BCUT2D eigenvalue weighted by molar-refractivity contribution is -0.182. The van der Waals surface area contributed by atoms with Crippen molar-refractivity contribution in [3.63, 3.8) is 0 Å². The maximum atomic E-state index is 14.1. The zero-order chi connectivity index (χ0) is 29.0. The first kappa shape index (κ1) is 29.5. The van der Waals surface area contributed by atoms with Crippen molar-refractivity contribution in [3.05, 3.63) is 35.5 Å². The van der Waals surface area contributed by atoms with Crippen LogP contribution in [-0.4, -0.2) is 69.3 Å². The van der Waals surface area contributed by atoms with Crippen LogP contribution in [0, 0.1) is 35.5 Å². The van der Waals surface area contributed by atoms with Gasteiger partial charge in [-0.2, -0.15) is 0 Å². The van der Waals surface area contributed by atoms with Crippen molar-refractivity contribution in [1.29, 1.82) is 0 Å². The van der Waals surface area contributed by atoms with Crippen LogP contribution in [0.25, 0.3) is 0 Å². The van der Waals surface area contributed by atoms with Crippen molar-refractivity contribution >= 4 is 17.8 Å². The van der Waals surface area contributed by atoms with Gasteiger partial charge in [-0.15, -0.1) is 6.42 Å². The van der Waals surface area contributed by atoms with Crippen LogP contribution in [0.3, 0.4) is 0 Å². The first-order valence-electron chi connectivity index (χ1n) is 13.9. The number of ether oxygens (including phenoxy) is 4. The second-order valence-corrected chi connectivity index (χ2v) is 11.1. The molecule has 0 spiro atoms. The van der Waals surface area contributed by atoms with E-state index < -0.39 is 23.4 Å². The molecule has 216 valence electrons. The molecule has 4 atom stereocenters. The van der Waals surface area contributed by atoms with Crippen LogP contribution in [0.5, 0.6) is 11.5 Å². The second kappa shape index (κ2) is 12.3. The summed E-state index contributed by atoms with van der Waals surface area (Å²) in [4.78, 5) is 42.3. The summed E-state index contributed by atoms with van der Waals surface area (Å²) in [6.45, 7) is 4.51. The molecule has 1 saturated heterocycles. The Hall–Kier alpha value is -3.51. The van der Waals surface area contributed by atoms with Gasteiger partial charge in [0.05, 0.1) is 40.1 Å². The van der Waals surface area contributed by atoms with Crippen molar-refractivity contribution in [2.24, 2.45) is 23.2 Å². The summed E-state index contributed by atoms with van der Waals surface area (Å²) >= 11 is 0. The number of piperidine rings is 1. The van der Waals surface area contributed by atoms with Gasteiger partial charge < -0.3 is 29.2 Å². The monoisotopic (exact) mass is 552 g/mol. The van der Waals surface area contributed by atoms with Gasteiger partial charge >= 0.3 is 5.97 Å². The maximum Gasteiger partial charge on any atom is 0.320 e. The highest BCUT2D eigenvalue weighted by Crippen LogP contribution is 2.56. The van der Waals surface area contributed by atoms with E-state index in [-0.39, 0.29) is 49.1 Å². The van der Waals surface area contributed by atoms with Crippen molar-refractivity contribution in [2.75, 3.05) is 34.4 Å². The van der Waals surface area contributed by atoms with Gasteiger partial charge in [0.2, 0.25) is 11.8 Å². The van der Waals surface area contributed by atoms with E-state index >= 15 is 0 Å². The summed E-state index contributed by atoms with van der Waals surface area (Å²) in [5.41, 5.74) is 0.380. The molecular weight excluding hydrogens is 512 g/mol. The Morgan fingerprint density at radius 2 is 1.93 bits per heavy atom. The number of nitrogens with one attached hydrogen (secondary N) is 1. The van der Waals surface area contributed by atoms with Gasteiger partial charge in [-0.3, -0.25) is 14.4 Å². The molecule has 2 heterocycles. The molecule has 1 aromatic carbocycles. The zero-order valence-corrected chi connectivity index (χ0v) is 24.0. The number of fused-ring (bicyclic) bond motifs is 1. The van der Waals surface area contributed by atoms with Crippen LogP contribution in [0.4, 0.5) is 0 Å². The standard InChI is InChI=1S/C31H40N2O7/c1-7-13-32-27(34)16-22-18-31(30(36)39-6)26(17-24(19(2)3)40-28(31)21-9-10-21)33(29(22)35)14-12-20-8-11-23(37-4)25(15-20)38-5/h1,8,11,15,17,19,21-22,24,28H,9-10,12-14,16,18H2,2-6H3,(H,32,34)/t22-,24+,28+,31+/m0/s1. The number of benzene rings is 1. The van der Waals surface area contributed by atoms with Gasteiger partial charge in [0.25, 0.3) is 0 Å². The molecule has 3 aliphatic rings. The summed E-state index contributed by atoms with van der Waals surface area (Å²) in [6, 6.07) is 5.64. The number of likely N-dealkylation sites (tertiary alicyclic amines) is 1. The molecule has 2 amide bonds. The molecule has 1 aliphatic carbocycles. The molecule has 2 fully saturated rings. The fraction of sp³-hybridized carbons (Fsp3) is 0.581. The Kier molecular flexibility index (Phi) is 9.09. The summed E-state index contributed by atoms with van der Waals surface area (Å²) in [5.74, 6) is 2.22. The first-order valence-corrected chi connectivity index (χ1v) is 13.9. The summed E-state index contributed by atoms with van der Waals surface area (Å²) in [5, 5.41) is 2.66. The van der Waals surface area contributed by atoms with E-state index in [1.807, 2.05) is 24.3 Å².